The zero-order valence-electron chi connectivity index (χ0n) is 11.6. The molecule has 0 unspecified atom stereocenters. The van der Waals surface area contributed by atoms with Crippen LogP contribution < -0.4 is 15.2 Å². The van der Waals surface area contributed by atoms with E-state index in [1.54, 1.807) is 19.2 Å². The van der Waals surface area contributed by atoms with E-state index >= 15 is 0 Å². The molecule has 2 rings (SSSR count). The van der Waals surface area contributed by atoms with Crippen LogP contribution in [0, 0.1) is 0 Å². The van der Waals surface area contributed by atoms with Crippen LogP contribution in [0.4, 0.5) is 5.95 Å². The summed E-state index contributed by atoms with van der Waals surface area (Å²) in [5.41, 5.74) is 6.21. The molecule has 1 aromatic carbocycles. The molecule has 110 valence electrons. The number of aromatic hydroxyl groups is 1. The molecular formula is C14H15N3O4. The van der Waals surface area contributed by atoms with Gasteiger partial charge < -0.3 is 24.9 Å². The number of imidazole rings is 1. The van der Waals surface area contributed by atoms with Crippen LogP contribution in [0.2, 0.25) is 0 Å². The molecular weight excluding hydrogens is 274 g/mol. The highest BCUT2D eigenvalue weighted by Crippen LogP contribution is 2.26. The topological polar surface area (TPSA) is 99.6 Å². The summed E-state index contributed by atoms with van der Waals surface area (Å²) >= 11 is 0. The van der Waals surface area contributed by atoms with Gasteiger partial charge in [0.15, 0.2) is 11.5 Å². The average Bonchev–Trinajstić information content (AvgIpc) is 2.76. The lowest BCUT2D eigenvalue weighted by molar-refractivity contribution is -0.129. The Morgan fingerprint density at radius 3 is 2.86 bits per heavy atom. The van der Waals surface area contributed by atoms with Crippen LogP contribution in [-0.2, 0) is 11.8 Å². The van der Waals surface area contributed by atoms with E-state index in [1.807, 2.05) is 0 Å². The molecule has 3 N–H and O–H groups in total. The van der Waals surface area contributed by atoms with Crippen molar-refractivity contribution in [1.29, 1.82) is 0 Å². The second-order valence-electron chi connectivity index (χ2n) is 4.23. The number of phenols is 1. The highest BCUT2D eigenvalue weighted by molar-refractivity contribution is 5.88. The summed E-state index contributed by atoms with van der Waals surface area (Å²) < 4.78 is 11.5. The highest BCUT2D eigenvalue weighted by Gasteiger charge is 2.06. The summed E-state index contributed by atoms with van der Waals surface area (Å²) in [6.07, 6.45) is 4.29. The Labute approximate surface area is 121 Å². The van der Waals surface area contributed by atoms with Crippen LogP contribution in [0.1, 0.15) is 5.56 Å². The van der Waals surface area contributed by atoms with E-state index in [-0.39, 0.29) is 17.6 Å². The van der Waals surface area contributed by atoms with Gasteiger partial charge in [0.2, 0.25) is 11.8 Å². The standard InChI is InChI=1S/C14H15N3O4/c1-17-8-12(16-14(17)15)21-13(19)6-4-9-3-5-10(18)11(7-9)20-2/h3-8,18H,1-2H3,(H2,15,16). The van der Waals surface area contributed by atoms with Crippen molar-refractivity contribution in [2.24, 2.45) is 7.05 Å². The predicted octanol–water partition coefficient (Wildman–Crippen LogP) is 1.34. The van der Waals surface area contributed by atoms with Gasteiger partial charge in [0, 0.05) is 13.1 Å². The molecule has 21 heavy (non-hydrogen) atoms. The molecule has 0 aliphatic carbocycles. The normalized spacial score (nSPS) is 10.8. The fraction of sp³-hybridized carbons (Fsp3) is 0.143. The number of carbonyl (C=O) groups is 1. The molecule has 0 aliphatic heterocycles. The molecule has 0 atom stereocenters. The number of ether oxygens (including phenoxy) is 2. The van der Waals surface area contributed by atoms with Gasteiger partial charge in [-0.15, -0.1) is 0 Å². The molecule has 1 aromatic heterocycles. The van der Waals surface area contributed by atoms with Crippen LogP contribution in [0.15, 0.2) is 30.5 Å². The number of aromatic nitrogens is 2. The summed E-state index contributed by atoms with van der Waals surface area (Å²) in [6.45, 7) is 0. The number of phenolic OH excluding ortho intramolecular Hbond substituents is 1. The molecule has 0 radical (unpaired) electrons. The molecule has 0 fully saturated rings. The number of rotatable bonds is 4. The zero-order chi connectivity index (χ0) is 15.4. The Hall–Kier alpha value is -2.96. The average molecular weight is 289 g/mol. The summed E-state index contributed by atoms with van der Waals surface area (Å²) in [7, 11) is 3.14. The number of nitrogen functional groups attached to an aromatic ring is 1. The van der Waals surface area contributed by atoms with E-state index in [0.717, 1.165) is 0 Å². The third kappa shape index (κ3) is 3.53. The Bertz CT molecular complexity index is 672. The van der Waals surface area contributed by atoms with Gasteiger partial charge in [-0.25, -0.2) is 4.79 Å². The Balaban J connectivity index is 2.05. The third-order valence-electron chi connectivity index (χ3n) is 2.71. The number of hydrogen-bond donors (Lipinski definition) is 2. The number of nitrogens with zero attached hydrogens (tertiary/aromatic N) is 2. The lowest BCUT2D eigenvalue weighted by atomic mass is 10.2. The van der Waals surface area contributed by atoms with Crippen molar-refractivity contribution in [3.8, 4) is 17.4 Å². The van der Waals surface area contributed by atoms with Gasteiger partial charge in [-0.3, -0.25) is 0 Å². The lowest BCUT2D eigenvalue weighted by Crippen LogP contribution is -2.03. The predicted molar refractivity (Wildman–Crippen MR) is 76.9 cm³/mol. The number of hydrogen-bond acceptors (Lipinski definition) is 6. The first-order valence-electron chi connectivity index (χ1n) is 6.05. The molecule has 0 bridgehead atoms. The maximum atomic E-state index is 11.6. The van der Waals surface area contributed by atoms with Gasteiger partial charge >= 0.3 is 5.97 Å². The Morgan fingerprint density at radius 2 is 2.24 bits per heavy atom. The minimum Gasteiger partial charge on any atom is -0.504 e. The van der Waals surface area contributed by atoms with E-state index in [2.05, 4.69) is 4.98 Å². The van der Waals surface area contributed by atoms with Crippen molar-refractivity contribution in [2.45, 2.75) is 0 Å². The second kappa shape index (κ2) is 6.00. The minimum absolute atomic E-state index is 0.0289. The van der Waals surface area contributed by atoms with E-state index in [1.165, 1.54) is 36.1 Å². The van der Waals surface area contributed by atoms with Gasteiger partial charge in [-0.1, -0.05) is 6.07 Å². The smallest absolute Gasteiger partial charge is 0.337 e. The van der Waals surface area contributed by atoms with E-state index in [4.69, 9.17) is 15.2 Å². The van der Waals surface area contributed by atoms with E-state index in [0.29, 0.717) is 11.3 Å². The highest BCUT2D eigenvalue weighted by atomic mass is 16.5. The van der Waals surface area contributed by atoms with Crippen molar-refractivity contribution >= 4 is 18.0 Å². The quantitative estimate of drug-likeness (QED) is 0.650. The van der Waals surface area contributed by atoms with Crippen LogP contribution >= 0.6 is 0 Å². The second-order valence-corrected chi connectivity index (χ2v) is 4.23. The third-order valence-corrected chi connectivity index (χ3v) is 2.71. The van der Waals surface area contributed by atoms with Gasteiger partial charge in [0.25, 0.3) is 0 Å². The number of methoxy groups -OCH3 is 1. The van der Waals surface area contributed by atoms with Crippen LogP contribution in [-0.4, -0.2) is 27.7 Å². The number of anilines is 1. The van der Waals surface area contributed by atoms with Crippen LogP contribution in [0.3, 0.4) is 0 Å². The summed E-state index contributed by atoms with van der Waals surface area (Å²) in [5, 5.41) is 9.47. The van der Waals surface area contributed by atoms with Gasteiger partial charge in [0.05, 0.1) is 13.3 Å². The number of aryl methyl sites for hydroxylation is 1. The summed E-state index contributed by atoms with van der Waals surface area (Å²) in [6, 6.07) is 4.71. The van der Waals surface area contributed by atoms with Crippen LogP contribution in [0.25, 0.3) is 6.08 Å². The molecule has 0 saturated carbocycles. The number of esters is 1. The number of carbonyl (C=O) groups excluding carboxylic acids is 1. The molecule has 0 spiro atoms. The van der Waals surface area contributed by atoms with Crippen molar-refractivity contribution in [2.75, 3.05) is 12.8 Å². The maximum Gasteiger partial charge on any atom is 0.337 e. The fourth-order valence-electron chi connectivity index (χ4n) is 1.60. The SMILES string of the molecule is COc1cc(C=CC(=O)Oc2cn(C)c(N)n2)ccc1O. The first-order valence-corrected chi connectivity index (χ1v) is 6.05. The monoisotopic (exact) mass is 289 g/mol. The Kier molecular flexibility index (Phi) is 4.13. The van der Waals surface area contributed by atoms with Gasteiger partial charge in [-0.2, -0.15) is 4.98 Å². The largest absolute Gasteiger partial charge is 0.504 e. The fourth-order valence-corrected chi connectivity index (χ4v) is 1.60. The molecule has 7 heteroatoms. The van der Waals surface area contributed by atoms with E-state index in [9.17, 15) is 9.90 Å². The molecule has 1 heterocycles. The first kappa shape index (κ1) is 14.4. The number of benzene rings is 1. The van der Waals surface area contributed by atoms with Gasteiger partial charge in [-0.05, 0) is 23.8 Å². The molecule has 2 aromatic rings. The summed E-state index contributed by atoms with van der Waals surface area (Å²) in [4.78, 5) is 15.5. The zero-order valence-corrected chi connectivity index (χ0v) is 11.6. The van der Waals surface area contributed by atoms with Crippen molar-refractivity contribution < 1.29 is 19.4 Å². The minimum atomic E-state index is -0.583. The lowest BCUT2D eigenvalue weighted by Gasteiger charge is -2.03. The van der Waals surface area contributed by atoms with Crippen LogP contribution in [0.5, 0.6) is 17.4 Å². The van der Waals surface area contributed by atoms with Crippen molar-refractivity contribution in [3.05, 3.63) is 36.0 Å². The van der Waals surface area contributed by atoms with Crippen molar-refractivity contribution in [3.63, 3.8) is 0 Å². The summed E-state index contributed by atoms with van der Waals surface area (Å²) in [5.74, 6) is 0.155. The molecule has 0 amide bonds. The molecule has 7 nitrogen and oxygen atoms in total. The maximum absolute atomic E-state index is 11.6. The molecule has 0 saturated heterocycles. The first-order chi connectivity index (χ1) is 9.99. The number of nitrogens with two attached hydrogens (primary N) is 1. The Morgan fingerprint density at radius 1 is 1.48 bits per heavy atom. The molecule has 0 aliphatic rings. The van der Waals surface area contributed by atoms with E-state index < -0.39 is 5.97 Å². The van der Waals surface area contributed by atoms with Crippen molar-refractivity contribution in [1.82, 2.24) is 9.55 Å². The van der Waals surface area contributed by atoms with Gasteiger partial charge in [0.1, 0.15) is 0 Å².